The zero-order chi connectivity index (χ0) is 30.4. The summed E-state index contributed by atoms with van der Waals surface area (Å²) < 4.78 is 12.8. The standard InChI is InChI=1S/C37H48N2O5/c1-3-4-19-39(33(42)13-9-8-12-30(40)25-10-6-5-7-11-25)28-17-16-27-29-21-26-31(41)22-32(43-2)35-34(26)37(27,36(28)44-35)18-20-38(29)23-24-14-15-24/h5-7,10-11,22,24,27-29,36,41H,3-4,8-9,12-21,23H2,1-2H3/t27-,28+,29+,36-,37-/m0/s1. The fourth-order valence-corrected chi connectivity index (χ4v) is 9.26. The van der Waals surface area contributed by atoms with Gasteiger partial charge in [0, 0.05) is 60.1 Å². The lowest BCUT2D eigenvalue weighted by molar-refractivity contribution is -0.143. The summed E-state index contributed by atoms with van der Waals surface area (Å²) in [5.41, 5.74) is 2.75. The van der Waals surface area contributed by atoms with Crippen LogP contribution < -0.4 is 9.47 Å². The molecule has 2 heterocycles. The maximum Gasteiger partial charge on any atom is 0.222 e. The van der Waals surface area contributed by atoms with Gasteiger partial charge in [0.05, 0.1) is 13.2 Å². The molecule has 1 amide bonds. The average molecular weight is 601 g/mol. The summed E-state index contributed by atoms with van der Waals surface area (Å²) in [6.45, 7) is 5.11. The van der Waals surface area contributed by atoms with Crippen molar-refractivity contribution in [2.45, 2.75) is 108 Å². The fraction of sp³-hybridized carbons (Fsp3) is 0.622. The van der Waals surface area contributed by atoms with Crippen molar-refractivity contribution in [1.82, 2.24) is 9.80 Å². The molecule has 44 heavy (non-hydrogen) atoms. The van der Waals surface area contributed by atoms with Crippen molar-refractivity contribution < 1.29 is 24.2 Å². The quantitative estimate of drug-likeness (QED) is 0.215. The molecule has 2 aromatic rings. The predicted octanol–water partition coefficient (Wildman–Crippen LogP) is 6.29. The number of methoxy groups -OCH3 is 1. The fourth-order valence-electron chi connectivity index (χ4n) is 9.26. The minimum atomic E-state index is -0.213. The molecule has 2 aromatic carbocycles. The van der Waals surface area contributed by atoms with Crippen molar-refractivity contribution in [3.8, 4) is 17.2 Å². The van der Waals surface area contributed by atoms with E-state index in [9.17, 15) is 14.7 Å². The SMILES string of the molecule is CCCCN(C(=O)CCCCC(=O)c1ccccc1)[C@@H]1CC[C@H]2[C@H]3Cc4c(O)cc(OC)c5c4[C@@]2(CCN3CC2CC2)[C@H]1O5. The summed E-state index contributed by atoms with van der Waals surface area (Å²) in [5, 5.41) is 11.3. The van der Waals surface area contributed by atoms with E-state index in [4.69, 9.17) is 9.47 Å². The molecule has 5 atom stereocenters. The van der Waals surface area contributed by atoms with Gasteiger partial charge in [-0.2, -0.15) is 0 Å². The Labute approximate surface area is 261 Å². The molecule has 1 spiro atoms. The summed E-state index contributed by atoms with van der Waals surface area (Å²) in [6.07, 6.45) is 10.7. The summed E-state index contributed by atoms with van der Waals surface area (Å²) in [4.78, 5) is 31.5. The topological polar surface area (TPSA) is 79.3 Å². The van der Waals surface area contributed by atoms with Gasteiger partial charge in [0.2, 0.25) is 5.91 Å². The van der Waals surface area contributed by atoms with E-state index in [1.165, 1.54) is 24.9 Å². The maximum absolute atomic E-state index is 14.0. The van der Waals surface area contributed by atoms with E-state index in [-0.39, 0.29) is 29.3 Å². The third-order valence-electron chi connectivity index (χ3n) is 11.5. The molecule has 236 valence electrons. The van der Waals surface area contributed by atoms with Crippen LogP contribution in [0, 0.1) is 11.8 Å². The number of phenols is 1. The van der Waals surface area contributed by atoms with Crippen LogP contribution in [0.3, 0.4) is 0 Å². The Kier molecular flexibility index (Phi) is 8.11. The lowest BCUT2D eigenvalue weighted by Crippen LogP contribution is -2.69. The van der Waals surface area contributed by atoms with Gasteiger partial charge >= 0.3 is 0 Å². The van der Waals surface area contributed by atoms with Crippen LogP contribution in [0.2, 0.25) is 0 Å². The number of hydrogen-bond donors (Lipinski definition) is 1. The molecule has 1 saturated heterocycles. The Morgan fingerprint density at radius 1 is 1.09 bits per heavy atom. The highest BCUT2D eigenvalue weighted by Crippen LogP contribution is 2.66. The Balaban J connectivity index is 1.14. The maximum atomic E-state index is 14.0. The summed E-state index contributed by atoms with van der Waals surface area (Å²) in [5.74, 6) is 3.33. The Morgan fingerprint density at radius 3 is 2.64 bits per heavy atom. The van der Waals surface area contributed by atoms with Gasteiger partial charge in [0.25, 0.3) is 0 Å². The number of unbranched alkanes of at least 4 members (excludes halogenated alkanes) is 2. The molecule has 3 fully saturated rings. The van der Waals surface area contributed by atoms with Gasteiger partial charge in [0.15, 0.2) is 17.3 Å². The number of benzene rings is 2. The number of nitrogens with zero attached hydrogens (tertiary/aromatic N) is 2. The van der Waals surface area contributed by atoms with Crippen LogP contribution in [-0.4, -0.2) is 71.5 Å². The highest BCUT2D eigenvalue weighted by atomic mass is 16.5. The van der Waals surface area contributed by atoms with Crippen LogP contribution in [0.25, 0.3) is 0 Å². The van der Waals surface area contributed by atoms with Gasteiger partial charge in [-0.15, -0.1) is 0 Å². The van der Waals surface area contributed by atoms with Crippen LogP contribution in [0.15, 0.2) is 36.4 Å². The van der Waals surface area contributed by atoms with Crippen molar-refractivity contribution >= 4 is 11.7 Å². The number of rotatable bonds is 13. The first-order chi connectivity index (χ1) is 21.5. The van der Waals surface area contributed by atoms with Crippen molar-refractivity contribution in [3.63, 3.8) is 0 Å². The van der Waals surface area contributed by atoms with E-state index in [0.29, 0.717) is 49.1 Å². The molecule has 2 aliphatic heterocycles. The van der Waals surface area contributed by atoms with E-state index in [1.807, 2.05) is 30.3 Å². The number of likely N-dealkylation sites (tertiary alicyclic amines) is 1. The summed E-state index contributed by atoms with van der Waals surface area (Å²) >= 11 is 0. The van der Waals surface area contributed by atoms with Gasteiger partial charge in [-0.05, 0) is 76.2 Å². The summed E-state index contributed by atoms with van der Waals surface area (Å²) in [7, 11) is 1.65. The number of Topliss-reactive ketones (excluding diaryl/α,β-unsaturated/α-hetero) is 1. The first-order valence-corrected chi connectivity index (χ1v) is 17.2. The Bertz CT molecular complexity index is 1390. The Hall–Kier alpha value is -3.06. The normalized spacial score (nSPS) is 28.2. The number of carbonyl (C=O) groups is 2. The van der Waals surface area contributed by atoms with E-state index >= 15 is 0 Å². The van der Waals surface area contributed by atoms with E-state index in [0.717, 1.165) is 74.4 Å². The number of aromatic hydroxyl groups is 1. The summed E-state index contributed by atoms with van der Waals surface area (Å²) in [6, 6.07) is 11.6. The van der Waals surface area contributed by atoms with Crippen molar-refractivity contribution in [3.05, 3.63) is 53.1 Å². The van der Waals surface area contributed by atoms with Crippen molar-refractivity contribution in [2.75, 3.05) is 26.7 Å². The Morgan fingerprint density at radius 2 is 1.89 bits per heavy atom. The monoisotopic (exact) mass is 600 g/mol. The average Bonchev–Trinajstić information content (AvgIpc) is 3.80. The van der Waals surface area contributed by atoms with Gasteiger partial charge in [0.1, 0.15) is 11.9 Å². The zero-order valence-electron chi connectivity index (χ0n) is 26.4. The number of phenolic OH excluding ortho intramolecular Hbond substituents is 1. The molecule has 2 saturated carbocycles. The molecule has 3 aliphatic carbocycles. The number of piperidine rings is 1. The molecule has 5 aliphatic rings. The second-order valence-electron chi connectivity index (χ2n) is 14.0. The number of ketones is 1. The predicted molar refractivity (Wildman–Crippen MR) is 170 cm³/mol. The third-order valence-corrected chi connectivity index (χ3v) is 11.5. The van der Waals surface area contributed by atoms with Crippen molar-refractivity contribution in [1.29, 1.82) is 0 Å². The highest BCUT2D eigenvalue weighted by Gasteiger charge is 2.67. The lowest BCUT2D eigenvalue weighted by atomic mass is 9.50. The largest absolute Gasteiger partial charge is 0.508 e. The van der Waals surface area contributed by atoms with Gasteiger partial charge < -0.3 is 19.5 Å². The van der Waals surface area contributed by atoms with E-state index in [2.05, 4.69) is 16.7 Å². The molecule has 7 heteroatoms. The van der Waals surface area contributed by atoms with E-state index < -0.39 is 0 Å². The van der Waals surface area contributed by atoms with Crippen LogP contribution in [0.5, 0.6) is 17.2 Å². The minimum absolute atomic E-state index is 0.0166. The first kappa shape index (κ1) is 29.6. The van der Waals surface area contributed by atoms with Crippen LogP contribution in [-0.2, 0) is 16.6 Å². The smallest absolute Gasteiger partial charge is 0.222 e. The second kappa shape index (κ2) is 12.0. The number of amides is 1. The van der Waals surface area contributed by atoms with Crippen molar-refractivity contribution in [2.24, 2.45) is 11.8 Å². The van der Waals surface area contributed by atoms with Crippen LogP contribution in [0.4, 0.5) is 0 Å². The number of hydrogen-bond acceptors (Lipinski definition) is 6. The van der Waals surface area contributed by atoms with Gasteiger partial charge in [-0.1, -0.05) is 43.7 Å². The second-order valence-corrected chi connectivity index (χ2v) is 14.0. The first-order valence-electron chi connectivity index (χ1n) is 17.2. The molecule has 7 nitrogen and oxygen atoms in total. The number of ether oxygens (including phenoxy) is 2. The molecule has 1 N–H and O–H groups in total. The molecular weight excluding hydrogens is 552 g/mol. The molecule has 2 bridgehead atoms. The molecule has 0 aromatic heterocycles. The van der Waals surface area contributed by atoms with Crippen LogP contribution >= 0.6 is 0 Å². The lowest BCUT2D eigenvalue weighted by Gasteiger charge is -2.60. The van der Waals surface area contributed by atoms with Gasteiger partial charge in [-0.25, -0.2) is 0 Å². The van der Waals surface area contributed by atoms with E-state index in [1.54, 1.807) is 13.2 Å². The number of carbonyl (C=O) groups excluding carboxylic acids is 2. The molecule has 0 unspecified atom stereocenters. The zero-order valence-corrected chi connectivity index (χ0v) is 26.4. The highest BCUT2D eigenvalue weighted by molar-refractivity contribution is 5.96. The van der Waals surface area contributed by atoms with Gasteiger partial charge in [-0.3, -0.25) is 14.5 Å². The minimum Gasteiger partial charge on any atom is -0.508 e. The molecule has 0 radical (unpaired) electrons. The van der Waals surface area contributed by atoms with Crippen LogP contribution in [0.1, 0.15) is 99.0 Å². The third kappa shape index (κ3) is 4.99. The molecule has 7 rings (SSSR count). The molecular formula is C37H48N2O5.